The van der Waals surface area contributed by atoms with E-state index in [1.54, 1.807) is 14.2 Å². The molecule has 0 spiro atoms. The molecular weight excluding hydrogens is 544 g/mol. The highest BCUT2D eigenvalue weighted by molar-refractivity contribution is 9.11. The van der Waals surface area contributed by atoms with Crippen LogP contribution in [-0.2, 0) is 0 Å². The minimum Gasteiger partial charge on any atom is -0.495 e. The zero-order chi connectivity index (χ0) is 16.6. The first-order valence-electron chi connectivity index (χ1n) is 6.39. The van der Waals surface area contributed by atoms with Crippen molar-refractivity contribution in [1.82, 2.24) is 0 Å². The van der Waals surface area contributed by atoms with Crippen LogP contribution in [0.2, 0.25) is 0 Å². The zero-order valence-electron chi connectivity index (χ0n) is 12.5. The quantitative estimate of drug-likeness (QED) is 0.403. The molecule has 0 atom stereocenters. The number of halogens is 4. The van der Waals surface area contributed by atoms with Crippen LogP contribution in [0.5, 0.6) is 11.5 Å². The molecule has 0 fully saturated rings. The molecule has 0 aliphatic carbocycles. The zero-order valence-corrected chi connectivity index (χ0v) is 18.8. The van der Waals surface area contributed by atoms with Crippen LogP contribution in [0.1, 0.15) is 11.1 Å². The standard InChI is InChI=1S/C16H14Br4O2/c1-7-9(17)5-11(19)15(21-3)13(7)14-8(2)10(18)6-12(20)16(14)22-4/h5-6H,1-4H3. The van der Waals surface area contributed by atoms with Gasteiger partial charge in [-0.2, -0.15) is 0 Å². The lowest BCUT2D eigenvalue weighted by Gasteiger charge is -2.21. The summed E-state index contributed by atoms with van der Waals surface area (Å²) < 4.78 is 15.1. The van der Waals surface area contributed by atoms with E-state index in [1.807, 2.05) is 12.1 Å². The molecule has 0 aliphatic heterocycles. The first-order chi connectivity index (χ1) is 10.3. The van der Waals surface area contributed by atoms with Gasteiger partial charge in [-0.25, -0.2) is 0 Å². The first kappa shape index (κ1) is 18.3. The maximum Gasteiger partial charge on any atom is 0.141 e. The molecule has 2 rings (SSSR count). The minimum absolute atomic E-state index is 0.784. The van der Waals surface area contributed by atoms with Gasteiger partial charge >= 0.3 is 0 Å². The summed E-state index contributed by atoms with van der Waals surface area (Å²) in [6, 6.07) is 3.99. The number of rotatable bonds is 3. The van der Waals surface area contributed by atoms with Crippen LogP contribution in [-0.4, -0.2) is 14.2 Å². The van der Waals surface area contributed by atoms with Gasteiger partial charge in [0.15, 0.2) is 0 Å². The summed E-state index contributed by atoms with van der Waals surface area (Å²) >= 11 is 14.4. The van der Waals surface area contributed by atoms with Gasteiger partial charge in [0, 0.05) is 20.1 Å². The van der Waals surface area contributed by atoms with Crippen LogP contribution in [0, 0.1) is 13.8 Å². The fourth-order valence-electron chi connectivity index (χ4n) is 2.39. The average molecular weight is 558 g/mol. The lowest BCUT2D eigenvalue weighted by Crippen LogP contribution is -1.99. The fourth-order valence-corrected chi connectivity index (χ4v) is 5.04. The predicted molar refractivity (Wildman–Crippen MR) is 105 cm³/mol. The third-order valence-electron chi connectivity index (χ3n) is 3.52. The molecule has 2 aromatic carbocycles. The fraction of sp³-hybridized carbons (Fsp3) is 0.250. The summed E-state index contributed by atoms with van der Waals surface area (Å²) in [6.45, 7) is 4.12. The van der Waals surface area contributed by atoms with E-state index in [4.69, 9.17) is 9.47 Å². The van der Waals surface area contributed by atoms with E-state index in [2.05, 4.69) is 77.6 Å². The monoisotopic (exact) mass is 554 g/mol. The Morgan fingerprint density at radius 2 is 0.955 bits per heavy atom. The highest BCUT2D eigenvalue weighted by atomic mass is 79.9. The third kappa shape index (κ3) is 3.12. The van der Waals surface area contributed by atoms with Crippen molar-refractivity contribution in [3.05, 3.63) is 41.2 Å². The molecule has 0 bridgehead atoms. The summed E-state index contributed by atoms with van der Waals surface area (Å²) in [6.07, 6.45) is 0. The summed E-state index contributed by atoms with van der Waals surface area (Å²) in [4.78, 5) is 0. The van der Waals surface area contributed by atoms with E-state index in [0.29, 0.717) is 0 Å². The molecule has 0 amide bonds. The molecule has 0 unspecified atom stereocenters. The normalized spacial score (nSPS) is 10.7. The van der Waals surface area contributed by atoms with Crippen molar-refractivity contribution >= 4 is 63.7 Å². The maximum absolute atomic E-state index is 5.65. The van der Waals surface area contributed by atoms with E-state index < -0.39 is 0 Å². The van der Waals surface area contributed by atoms with Crippen molar-refractivity contribution in [3.8, 4) is 22.6 Å². The predicted octanol–water partition coefficient (Wildman–Crippen LogP) is 7.04. The van der Waals surface area contributed by atoms with Crippen molar-refractivity contribution in [2.24, 2.45) is 0 Å². The van der Waals surface area contributed by atoms with Crippen LogP contribution in [0.25, 0.3) is 11.1 Å². The van der Waals surface area contributed by atoms with Crippen molar-refractivity contribution < 1.29 is 9.47 Å². The molecular formula is C16H14Br4O2. The van der Waals surface area contributed by atoms with Gasteiger partial charge in [-0.15, -0.1) is 0 Å². The summed E-state index contributed by atoms with van der Waals surface area (Å²) in [5.74, 6) is 1.57. The number of hydrogen-bond donors (Lipinski definition) is 0. The second-order valence-electron chi connectivity index (χ2n) is 4.75. The Balaban J connectivity index is 3.00. The molecule has 2 aromatic rings. The Morgan fingerprint density at radius 1 is 0.636 bits per heavy atom. The third-order valence-corrected chi connectivity index (χ3v) is 6.34. The highest BCUT2D eigenvalue weighted by Gasteiger charge is 2.23. The molecule has 118 valence electrons. The van der Waals surface area contributed by atoms with Crippen molar-refractivity contribution in [1.29, 1.82) is 0 Å². The second-order valence-corrected chi connectivity index (χ2v) is 8.16. The Labute approximate surface area is 164 Å². The Kier molecular flexibility index (Phi) is 6.02. The van der Waals surface area contributed by atoms with Crippen LogP contribution < -0.4 is 9.47 Å². The molecule has 0 saturated heterocycles. The van der Waals surface area contributed by atoms with Crippen molar-refractivity contribution in [2.75, 3.05) is 14.2 Å². The number of benzene rings is 2. The smallest absolute Gasteiger partial charge is 0.141 e. The Bertz CT molecular complexity index is 678. The molecule has 0 N–H and O–H groups in total. The lowest BCUT2D eigenvalue weighted by molar-refractivity contribution is 0.407. The first-order valence-corrected chi connectivity index (χ1v) is 9.56. The Hall–Kier alpha value is -0.0400. The van der Waals surface area contributed by atoms with Gasteiger partial charge in [-0.1, -0.05) is 31.9 Å². The van der Waals surface area contributed by atoms with Gasteiger partial charge in [0.1, 0.15) is 11.5 Å². The number of ether oxygens (including phenoxy) is 2. The summed E-state index contributed by atoms with van der Waals surface area (Å²) in [5.41, 5.74) is 4.18. The van der Waals surface area contributed by atoms with Crippen LogP contribution >= 0.6 is 63.7 Å². The maximum atomic E-state index is 5.65. The van der Waals surface area contributed by atoms with Gasteiger partial charge in [-0.3, -0.25) is 0 Å². The average Bonchev–Trinajstić information content (AvgIpc) is 2.46. The molecule has 6 heteroatoms. The molecule has 0 heterocycles. The number of methoxy groups -OCH3 is 2. The second kappa shape index (κ2) is 7.24. The van der Waals surface area contributed by atoms with E-state index >= 15 is 0 Å². The number of hydrogen-bond acceptors (Lipinski definition) is 2. The van der Waals surface area contributed by atoms with E-state index in [1.165, 1.54) is 0 Å². The summed E-state index contributed by atoms with van der Waals surface area (Å²) in [7, 11) is 3.34. The van der Waals surface area contributed by atoms with Crippen molar-refractivity contribution in [3.63, 3.8) is 0 Å². The van der Waals surface area contributed by atoms with Gasteiger partial charge < -0.3 is 9.47 Å². The van der Waals surface area contributed by atoms with Crippen LogP contribution in [0.3, 0.4) is 0 Å². The topological polar surface area (TPSA) is 18.5 Å². The SMILES string of the molecule is COc1c(Br)cc(Br)c(C)c1-c1c(C)c(Br)cc(Br)c1OC. The Morgan fingerprint density at radius 3 is 1.23 bits per heavy atom. The van der Waals surface area contributed by atoms with Crippen LogP contribution in [0.15, 0.2) is 30.0 Å². The van der Waals surface area contributed by atoms with Gasteiger partial charge in [0.05, 0.1) is 23.2 Å². The van der Waals surface area contributed by atoms with E-state index in [9.17, 15) is 0 Å². The van der Waals surface area contributed by atoms with Crippen molar-refractivity contribution in [2.45, 2.75) is 13.8 Å². The largest absolute Gasteiger partial charge is 0.495 e. The minimum atomic E-state index is 0.784. The van der Waals surface area contributed by atoms with Gasteiger partial charge in [0.25, 0.3) is 0 Å². The van der Waals surface area contributed by atoms with Crippen LogP contribution in [0.4, 0.5) is 0 Å². The summed E-state index contributed by atoms with van der Waals surface area (Å²) in [5, 5.41) is 0. The molecule has 0 radical (unpaired) electrons. The van der Waals surface area contributed by atoms with Gasteiger partial charge in [0.2, 0.25) is 0 Å². The highest BCUT2D eigenvalue weighted by Crippen LogP contribution is 2.50. The lowest BCUT2D eigenvalue weighted by atomic mass is 9.94. The molecule has 22 heavy (non-hydrogen) atoms. The molecule has 0 aliphatic rings. The molecule has 0 saturated carbocycles. The van der Waals surface area contributed by atoms with E-state index in [0.717, 1.165) is 51.6 Å². The molecule has 0 aromatic heterocycles. The van der Waals surface area contributed by atoms with Gasteiger partial charge in [-0.05, 0) is 69.0 Å². The molecule has 2 nitrogen and oxygen atoms in total. The van der Waals surface area contributed by atoms with E-state index in [-0.39, 0.29) is 0 Å².